The van der Waals surface area contributed by atoms with Crippen LogP contribution in [0.15, 0.2) is 0 Å². The van der Waals surface area contributed by atoms with Gasteiger partial charge in [-0.3, -0.25) is 9.69 Å². The quantitative estimate of drug-likeness (QED) is 0.822. The van der Waals surface area contributed by atoms with Crippen molar-refractivity contribution in [1.29, 1.82) is 0 Å². The van der Waals surface area contributed by atoms with E-state index in [0.29, 0.717) is 12.5 Å². The summed E-state index contributed by atoms with van der Waals surface area (Å²) < 4.78 is 0. The highest BCUT2D eigenvalue weighted by atomic mass is 16.4. The Morgan fingerprint density at radius 3 is 2.58 bits per heavy atom. The Bertz CT molecular complexity index is 313. The Kier molecular flexibility index (Phi) is 4.85. The summed E-state index contributed by atoms with van der Waals surface area (Å²) >= 11 is 0. The number of β-amino-alcohol motifs (C(OH)–C–C–N with tert-alkyl or cyclic N) is 1. The Balaban J connectivity index is 1.99. The van der Waals surface area contributed by atoms with Crippen LogP contribution in [0.25, 0.3) is 0 Å². The minimum Gasteiger partial charge on any atom is -0.480 e. The van der Waals surface area contributed by atoms with Crippen LogP contribution in [0.3, 0.4) is 0 Å². The van der Waals surface area contributed by atoms with Crippen LogP contribution >= 0.6 is 0 Å². The molecule has 4 heteroatoms. The molecule has 110 valence electrons. The van der Waals surface area contributed by atoms with Crippen LogP contribution in [0.5, 0.6) is 0 Å². The number of hydrogen-bond donors (Lipinski definition) is 2. The molecule has 1 aliphatic carbocycles. The van der Waals surface area contributed by atoms with Gasteiger partial charge in [0.15, 0.2) is 0 Å². The fraction of sp³-hybridized carbons (Fsp3) is 0.933. The maximum atomic E-state index is 11.4. The van der Waals surface area contributed by atoms with Gasteiger partial charge in [0.2, 0.25) is 0 Å². The molecule has 1 aliphatic heterocycles. The number of aliphatic carboxylic acids is 1. The molecule has 2 aliphatic rings. The molecule has 2 N–H and O–H groups in total. The molecule has 2 unspecified atom stereocenters. The lowest BCUT2D eigenvalue weighted by Gasteiger charge is -2.42. The van der Waals surface area contributed by atoms with E-state index in [1.807, 2.05) is 4.90 Å². The number of piperidine rings is 1. The zero-order valence-electron chi connectivity index (χ0n) is 12.0. The highest BCUT2D eigenvalue weighted by Crippen LogP contribution is 2.32. The fourth-order valence-electron chi connectivity index (χ4n) is 3.65. The van der Waals surface area contributed by atoms with E-state index in [1.165, 1.54) is 6.42 Å². The Labute approximate surface area is 115 Å². The monoisotopic (exact) mass is 269 g/mol. The average Bonchev–Trinajstić information content (AvgIpc) is 2.39. The van der Waals surface area contributed by atoms with E-state index < -0.39 is 17.6 Å². The Morgan fingerprint density at radius 1 is 1.32 bits per heavy atom. The molecule has 2 fully saturated rings. The van der Waals surface area contributed by atoms with Crippen molar-refractivity contribution in [3.8, 4) is 0 Å². The van der Waals surface area contributed by atoms with Crippen molar-refractivity contribution < 1.29 is 15.0 Å². The molecule has 0 aromatic heterocycles. The second kappa shape index (κ2) is 6.23. The first kappa shape index (κ1) is 14.8. The van der Waals surface area contributed by atoms with Crippen LogP contribution in [-0.4, -0.2) is 45.8 Å². The van der Waals surface area contributed by atoms with E-state index in [1.54, 1.807) is 0 Å². The summed E-state index contributed by atoms with van der Waals surface area (Å²) in [5, 5.41) is 20.0. The van der Waals surface area contributed by atoms with Gasteiger partial charge in [-0.05, 0) is 38.1 Å². The SMILES string of the molecule is CCC1CCN(CC2(O)CCCCC2)C(C(=O)O)C1. The molecule has 0 bridgehead atoms. The maximum Gasteiger partial charge on any atom is 0.320 e. The van der Waals surface area contributed by atoms with E-state index in [2.05, 4.69) is 6.92 Å². The Hall–Kier alpha value is -0.610. The predicted octanol–water partition coefficient (Wildman–Crippen LogP) is 2.26. The van der Waals surface area contributed by atoms with E-state index >= 15 is 0 Å². The predicted molar refractivity (Wildman–Crippen MR) is 74.0 cm³/mol. The summed E-state index contributed by atoms with van der Waals surface area (Å²) in [6.45, 7) is 3.49. The summed E-state index contributed by atoms with van der Waals surface area (Å²) in [4.78, 5) is 13.5. The molecule has 2 rings (SSSR count). The summed E-state index contributed by atoms with van der Waals surface area (Å²) in [6, 6.07) is -0.398. The first-order valence-electron chi connectivity index (χ1n) is 7.73. The molecule has 2 atom stereocenters. The molecule has 0 amide bonds. The maximum absolute atomic E-state index is 11.4. The lowest BCUT2D eigenvalue weighted by molar-refractivity contribution is -0.147. The van der Waals surface area contributed by atoms with Crippen LogP contribution in [0, 0.1) is 5.92 Å². The number of nitrogens with zero attached hydrogens (tertiary/aromatic N) is 1. The minimum atomic E-state index is -0.724. The van der Waals surface area contributed by atoms with Crippen LogP contribution in [0.2, 0.25) is 0 Å². The zero-order valence-corrected chi connectivity index (χ0v) is 12.0. The Morgan fingerprint density at radius 2 is 2.00 bits per heavy atom. The summed E-state index contributed by atoms with van der Waals surface area (Å²) in [6.07, 6.45) is 7.85. The van der Waals surface area contributed by atoms with Crippen molar-refractivity contribution in [3.63, 3.8) is 0 Å². The fourth-order valence-corrected chi connectivity index (χ4v) is 3.65. The number of hydrogen-bond acceptors (Lipinski definition) is 3. The van der Waals surface area contributed by atoms with Crippen LogP contribution in [0.1, 0.15) is 58.3 Å². The number of likely N-dealkylation sites (tertiary alicyclic amines) is 1. The summed E-state index contributed by atoms with van der Waals surface area (Å²) in [5.41, 5.74) is -0.648. The standard InChI is InChI=1S/C15H27NO3/c1-2-12-6-9-16(13(10-12)14(17)18)11-15(19)7-4-3-5-8-15/h12-13,19H,2-11H2,1H3,(H,17,18). The average molecular weight is 269 g/mol. The molecule has 1 saturated heterocycles. The normalized spacial score (nSPS) is 32.1. The largest absolute Gasteiger partial charge is 0.480 e. The van der Waals surface area contributed by atoms with Gasteiger partial charge in [-0.1, -0.05) is 32.6 Å². The van der Waals surface area contributed by atoms with E-state index in [-0.39, 0.29) is 0 Å². The molecule has 0 radical (unpaired) electrons. The van der Waals surface area contributed by atoms with Gasteiger partial charge < -0.3 is 10.2 Å². The first-order chi connectivity index (χ1) is 9.04. The number of aliphatic hydroxyl groups is 1. The van der Waals surface area contributed by atoms with Gasteiger partial charge in [-0.25, -0.2) is 0 Å². The van der Waals surface area contributed by atoms with E-state index in [4.69, 9.17) is 0 Å². The zero-order chi connectivity index (χ0) is 13.9. The molecule has 4 nitrogen and oxygen atoms in total. The van der Waals surface area contributed by atoms with E-state index in [0.717, 1.165) is 51.5 Å². The van der Waals surface area contributed by atoms with Gasteiger partial charge in [0.1, 0.15) is 6.04 Å². The highest BCUT2D eigenvalue weighted by Gasteiger charge is 2.38. The molecule has 19 heavy (non-hydrogen) atoms. The van der Waals surface area contributed by atoms with Crippen molar-refractivity contribution in [3.05, 3.63) is 0 Å². The smallest absolute Gasteiger partial charge is 0.320 e. The molecule has 1 saturated carbocycles. The summed E-state index contributed by atoms with van der Waals surface area (Å²) in [5.74, 6) is -0.198. The number of carbonyl (C=O) groups is 1. The number of carboxylic acid groups (broad SMARTS) is 1. The van der Waals surface area contributed by atoms with Crippen molar-refractivity contribution in [2.45, 2.75) is 69.9 Å². The third-order valence-corrected chi connectivity index (χ3v) is 4.97. The van der Waals surface area contributed by atoms with Crippen LogP contribution < -0.4 is 0 Å². The van der Waals surface area contributed by atoms with Crippen molar-refractivity contribution in [2.75, 3.05) is 13.1 Å². The van der Waals surface area contributed by atoms with Gasteiger partial charge in [0.25, 0.3) is 0 Å². The topological polar surface area (TPSA) is 60.8 Å². The van der Waals surface area contributed by atoms with Gasteiger partial charge in [-0.2, -0.15) is 0 Å². The molecule has 0 spiro atoms. The van der Waals surface area contributed by atoms with Crippen molar-refractivity contribution in [2.24, 2.45) is 5.92 Å². The lowest BCUT2D eigenvalue weighted by atomic mass is 9.82. The third kappa shape index (κ3) is 3.69. The van der Waals surface area contributed by atoms with Gasteiger partial charge >= 0.3 is 5.97 Å². The van der Waals surface area contributed by atoms with Crippen molar-refractivity contribution >= 4 is 5.97 Å². The van der Waals surface area contributed by atoms with Gasteiger partial charge in [-0.15, -0.1) is 0 Å². The third-order valence-electron chi connectivity index (χ3n) is 4.97. The highest BCUT2D eigenvalue weighted by molar-refractivity contribution is 5.73. The van der Waals surface area contributed by atoms with E-state index in [9.17, 15) is 15.0 Å². The van der Waals surface area contributed by atoms with Gasteiger partial charge in [0.05, 0.1) is 5.60 Å². The first-order valence-corrected chi connectivity index (χ1v) is 7.73. The minimum absolute atomic E-state index is 0.398. The second-order valence-corrected chi connectivity index (χ2v) is 6.41. The molecular formula is C15H27NO3. The molecule has 0 aromatic carbocycles. The number of carboxylic acids is 1. The molecule has 1 heterocycles. The lowest BCUT2D eigenvalue weighted by Crippen LogP contribution is -2.54. The summed E-state index contributed by atoms with van der Waals surface area (Å²) in [7, 11) is 0. The number of rotatable bonds is 4. The van der Waals surface area contributed by atoms with Crippen LogP contribution in [-0.2, 0) is 4.79 Å². The van der Waals surface area contributed by atoms with Gasteiger partial charge in [0, 0.05) is 6.54 Å². The molecular weight excluding hydrogens is 242 g/mol. The molecule has 0 aromatic rings. The van der Waals surface area contributed by atoms with Crippen molar-refractivity contribution in [1.82, 2.24) is 4.90 Å². The van der Waals surface area contributed by atoms with Crippen LogP contribution in [0.4, 0.5) is 0 Å². The second-order valence-electron chi connectivity index (χ2n) is 6.41.